The summed E-state index contributed by atoms with van der Waals surface area (Å²) in [5.74, 6) is -0.503. The Hall–Kier alpha value is -0.360. The highest BCUT2D eigenvalue weighted by atomic mass is 32.1. The van der Waals surface area contributed by atoms with E-state index in [1.807, 2.05) is 0 Å². The van der Waals surface area contributed by atoms with E-state index in [0.717, 1.165) is 25.0 Å². The second-order valence-electron chi connectivity index (χ2n) is 5.15. The number of hydrogen-bond acceptors (Lipinski definition) is 4. The van der Waals surface area contributed by atoms with Crippen LogP contribution in [0.3, 0.4) is 0 Å². The van der Waals surface area contributed by atoms with Gasteiger partial charge in [0.2, 0.25) is 5.91 Å². The first kappa shape index (κ1) is 19.6. The fourth-order valence-corrected chi connectivity index (χ4v) is 2.61. The molecule has 2 N–H and O–H groups in total. The lowest BCUT2D eigenvalue weighted by Gasteiger charge is -2.24. The van der Waals surface area contributed by atoms with Crippen LogP contribution in [0.4, 0.5) is 0 Å². The number of nitrogens with one attached hydrogen (secondary N) is 1. The highest BCUT2D eigenvalue weighted by Crippen LogP contribution is 2.21. The fraction of sp³-hybridized carbons (Fsp3) is 0.857. The summed E-state index contributed by atoms with van der Waals surface area (Å²) < 4.78 is 0. The van der Waals surface area contributed by atoms with Gasteiger partial charge in [0.15, 0.2) is 4.87 Å². The van der Waals surface area contributed by atoms with Crippen LogP contribution in [-0.4, -0.2) is 27.6 Å². The van der Waals surface area contributed by atoms with Gasteiger partial charge < -0.3 is 10.4 Å². The van der Waals surface area contributed by atoms with E-state index in [1.54, 1.807) is 0 Å². The molecular weight excluding hydrogens is 294 g/mol. The van der Waals surface area contributed by atoms with E-state index in [0.29, 0.717) is 6.42 Å². The molecule has 4 nitrogen and oxygen atoms in total. The molecule has 0 heterocycles. The number of aliphatic carboxylic acids is 1. The third-order valence-electron chi connectivity index (χ3n) is 3.18. The number of carbonyl (C=O) groups is 2. The van der Waals surface area contributed by atoms with Crippen molar-refractivity contribution < 1.29 is 14.7 Å². The molecule has 0 fully saturated rings. The monoisotopic (exact) mass is 321 g/mol. The van der Waals surface area contributed by atoms with Crippen LogP contribution in [-0.2, 0) is 9.59 Å². The Kier molecular flexibility index (Phi) is 11.1. The van der Waals surface area contributed by atoms with E-state index >= 15 is 0 Å². The maximum absolute atomic E-state index is 11.1. The minimum atomic E-state index is -1.43. The summed E-state index contributed by atoms with van der Waals surface area (Å²) in [4.78, 5) is 20.7. The number of carboxylic acids is 1. The molecule has 0 aromatic heterocycles. The van der Waals surface area contributed by atoms with Crippen molar-refractivity contribution in [1.82, 2.24) is 5.32 Å². The second-order valence-corrected chi connectivity index (χ2v) is 6.36. The second kappa shape index (κ2) is 11.3. The predicted octanol–water partition coefficient (Wildman–Crippen LogP) is 3.27. The topological polar surface area (TPSA) is 66.4 Å². The van der Waals surface area contributed by atoms with Crippen molar-refractivity contribution in [1.29, 1.82) is 0 Å². The van der Waals surface area contributed by atoms with Gasteiger partial charge in [0.05, 0.1) is 0 Å². The van der Waals surface area contributed by atoms with E-state index in [-0.39, 0.29) is 5.91 Å². The molecule has 0 saturated carbocycles. The molecular formula is C14H27NO3S2. The predicted molar refractivity (Wildman–Crippen MR) is 88.6 cm³/mol. The molecule has 20 heavy (non-hydrogen) atoms. The quantitative estimate of drug-likeness (QED) is 0.253. The standard InChI is InChI=1S/C14H27NO3S2/c1-12(16)15-14(20,13(17)18)10-8-6-4-2-3-5-7-9-11-19/h19-20H,2-11H2,1H3,(H,15,16)(H,17,18)/t14-/m1/s1. The maximum atomic E-state index is 11.1. The Labute approximate surface area is 132 Å². The first-order valence-electron chi connectivity index (χ1n) is 7.28. The Morgan fingerprint density at radius 2 is 1.45 bits per heavy atom. The van der Waals surface area contributed by atoms with E-state index in [9.17, 15) is 9.59 Å². The highest BCUT2D eigenvalue weighted by Gasteiger charge is 2.34. The Morgan fingerprint density at radius 1 is 1.00 bits per heavy atom. The lowest BCUT2D eigenvalue weighted by Crippen LogP contribution is -2.49. The third kappa shape index (κ3) is 9.53. The van der Waals surface area contributed by atoms with E-state index in [1.165, 1.54) is 39.0 Å². The van der Waals surface area contributed by atoms with Crippen LogP contribution < -0.4 is 5.32 Å². The molecule has 0 rings (SSSR count). The molecule has 0 saturated heterocycles. The van der Waals surface area contributed by atoms with Crippen LogP contribution in [0.15, 0.2) is 0 Å². The summed E-state index contributed by atoms with van der Waals surface area (Å²) in [6.07, 6.45) is 9.26. The van der Waals surface area contributed by atoms with Gasteiger partial charge in [-0.25, -0.2) is 4.79 Å². The Morgan fingerprint density at radius 3 is 1.85 bits per heavy atom. The highest BCUT2D eigenvalue weighted by molar-refractivity contribution is 7.82. The average Bonchev–Trinajstić information content (AvgIpc) is 2.35. The zero-order valence-electron chi connectivity index (χ0n) is 12.2. The summed E-state index contributed by atoms with van der Waals surface area (Å²) in [5.41, 5.74) is 0. The molecule has 0 aromatic carbocycles. The van der Waals surface area contributed by atoms with Gasteiger partial charge in [0, 0.05) is 6.92 Å². The maximum Gasteiger partial charge on any atom is 0.339 e. The van der Waals surface area contributed by atoms with Gasteiger partial charge in [-0.1, -0.05) is 38.5 Å². The van der Waals surface area contributed by atoms with Gasteiger partial charge in [0.25, 0.3) is 0 Å². The van der Waals surface area contributed by atoms with Crippen molar-refractivity contribution >= 4 is 37.1 Å². The minimum Gasteiger partial charge on any atom is -0.479 e. The van der Waals surface area contributed by atoms with Crippen molar-refractivity contribution in [2.75, 3.05) is 5.75 Å². The zero-order chi connectivity index (χ0) is 15.4. The zero-order valence-corrected chi connectivity index (χ0v) is 14.0. The van der Waals surface area contributed by atoms with Crippen LogP contribution in [0.2, 0.25) is 0 Å². The molecule has 1 amide bonds. The molecule has 1 atom stereocenters. The SMILES string of the molecule is CC(=O)N[C@@](S)(CCCCCCCCCCS)C(=O)O. The number of rotatable bonds is 12. The van der Waals surface area contributed by atoms with Crippen LogP contribution >= 0.6 is 25.3 Å². The van der Waals surface area contributed by atoms with Crippen molar-refractivity contribution in [3.63, 3.8) is 0 Å². The van der Waals surface area contributed by atoms with Crippen LogP contribution in [0, 0.1) is 0 Å². The number of hydrogen-bond donors (Lipinski definition) is 4. The smallest absolute Gasteiger partial charge is 0.339 e. The number of carbonyl (C=O) groups excluding carboxylic acids is 1. The molecule has 0 spiro atoms. The van der Waals surface area contributed by atoms with Gasteiger partial charge in [-0.3, -0.25) is 4.79 Å². The lowest BCUT2D eigenvalue weighted by molar-refractivity contribution is -0.143. The Balaban J connectivity index is 3.70. The van der Waals surface area contributed by atoms with Crippen molar-refractivity contribution in [3.05, 3.63) is 0 Å². The molecule has 0 aliphatic carbocycles. The van der Waals surface area contributed by atoms with Crippen LogP contribution in [0.1, 0.15) is 64.7 Å². The average molecular weight is 322 g/mol. The molecule has 0 aliphatic rings. The molecule has 0 aliphatic heterocycles. The first-order valence-corrected chi connectivity index (χ1v) is 8.35. The molecule has 0 bridgehead atoms. The third-order valence-corrected chi connectivity index (χ3v) is 4.03. The first-order chi connectivity index (χ1) is 9.42. The molecule has 0 unspecified atom stereocenters. The summed E-state index contributed by atoms with van der Waals surface area (Å²) in [5, 5.41) is 11.5. The molecule has 118 valence electrons. The number of amides is 1. The fourth-order valence-electron chi connectivity index (χ4n) is 2.07. The summed E-state index contributed by atoms with van der Waals surface area (Å²) in [6.45, 7) is 1.30. The van der Waals surface area contributed by atoms with Crippen molar-refractivity contribution in [2.24, 2.45) is 0 Å². The summed E-state index contributed by atoms with van der Waals surface area (Å²) >= 11 is 8.27. The van der Waals surface area contributed by atoms with Crippen LogP contribution in [0.25, 0.3) is 0 Å². The van der Waals surface area contributed by atoms with Crippen molar-refractivity contribution in [2.45, 2.75) is 69.6 Å². The molecule has 6 heteroatoms. The minimum absolute atomic E-state index is 0.352. The number of unbranched alkanes of at least 4 members (excludes halogenated alkanes) is 7. The Bertz CT molecular complexity index is 300. The van der Waals surface area contributed by atoms with Gasteiger partial charge in [-0.15, -0.1) is 12.6 Å². The molecule has 0 aromatic rings. The molecule has 0 radical (unpaired) electrons. The summed E-state index contributed by atoms with van der Waals surface area (Å²) in [7, 11) is 0. The van der Waals surface area contributed by atoms with Gasteiger partial charge in [-0.05, 0) is 25.0 Å². The largest absolute Gasteiger partial charge is 0.479 e. The van der Waals surface area contributed by atoms with Gasteiger partial charge in [0.1, 0.15) is 0 Å². The van der Waals surface area contributed by atoms with Gasteiger partial charge >= 0.3 is 5.97 Å². The van der Waals surface area contributed by atoms with Crippen LogP contribution in [0.5, 0.6) is 0 Å². The summed E-state index contributed by atoms with van der Waals surface area (Å²) in [6, 6.07) is 0. The number of thiol groups is 2. The van der Waals surface area contributed by atoms with Crippen molar-refractivity contribution in [3.8, 4) is 0 Å². The normalized spacial score (nSPS) is 13.8. The lowest BCUT2D eigenvalue weighted by atomic mass is 10.0. The number of carboxylic acid groups (broad SMARTS) is 1. The van der Waals surface area contributed by atoms with E-state index < -0.39 is 10.8 Å². The van der Waals surface area contributed by atoms with E-state index in [4.69, 9.17) is 5.11 Å². The van der Waals surface area contributed by atoms with E-state index in [2.05, 4.69) is 30.6 Å². The van der Waals surface area contributed by atoms with Gasteiger partial charge in [-0.2, -0.15) is 12.6 Å².